The summed E-state index contributed by atoms with van der Waals surface area (Å²) in [7, 11) is 0. The minimum absolute atomic E-state index is 0.310. The van der Waals surface area contributed by atoms with Crippen LogP contribution in [0.1, 0.15) is 59.6 Å². The highest BCUT2D eigenvalue weighted by atomic mass is 35.5. The zero-order valence-electron chi connectivity index (χ0n) is 13.5. The second-order valence-electron chi connectivity index (χ2n) is 6.41. The number of fused-ring (bicyclic) bond motifs is 5. The summed E-state index contributed by atoms with van der Waals surface area (Å²) in [4.78, 5) is 16.7. The number of nitrogens with zero attached hydrogens (tertiary/aromatic N) is 1. The number of nitrogens with one attached hydrogen (secondary N) is 1. The second-order valence-corrected chi connectivity index (χ2v) is 6.85. The first-order valence-electron chi connectivity index (χ1n) is 8.40. The largest absolute Gasteiger partial charge is 0.461 e. The summed E-state index contributed by atoms with van der Waals surface area (Å²) in [5, 5.41) is 4.12. The average Bonchev–Trinajstić information content (AvgIpc) is 3.17. The molecule has 1 saturated carbocycles. The van der Waals surface area contributed by atoms with Crippen molar-refractivity contribution < 1.29 is 9.53 Å². The summed E-state index contributed by atoms with van der Waals surface area (Å²) in [6.07, 6.45) is 5.17. The van der Waals surface area contributed by atoms with E-state index in [1.807, 2.05) is 31.2 Å². The van der Waals surface area contributed by atoms with E-state index in [2.05, 4.69) is 10.3 Å². The lowest BCUT2D eigenvalue weighted by Crippen LogP contribution is -2.15. The van der Waals surface area contributed by atoms with Gasteiger partial charge in [-0.3, -0.25) is 0 Å². The van der Waals surface area contributed by atoms with E-state index in [1.165, 1.54) is 12.0 Å². The SMILES string of the molecule is CCOC(=O)c1ncc(Nc2cccc(Cl)c2)c2c1C1CCC2C1. The van der Waals surface area contributed by atoms with Crippen LogP contribution < -0.4 is 5.32 Å². The first-order valence-corrected chi connectivity index (χ1v) is 8.77. The summed E-state index contributed by atoms with van der Waals surface area (Å²) >= 11 is 6.08. The van der Waals surface area contributed by atoms with Crippen LogP contribution >= 0.6 is 11.6 Å². The maximum Gasteiger partial charge on any atom is 0.357 e. The number of hydrogen-bond donors (Lipinski definition) is 1. The van der Waals surface area contributed by atoms with Gasteiger partial charge in [0.1, 0.15) is 0 Å². The first-order chi connectivity index (χ1) is 11.7. The smallest absolute Gasteiger partial charge is 0.357 e. The maximum atomic E-state index is 12.3. The molecule has 1 aromatic carbocycles. The summed E-state index contributed by atoms with van der Waals surface area (Å²) in [6.45, 7) is 2.19. The quantitative estimate of drug-likeness (QED) is 0.792. The molecule has 1 fully saturated rings. The summed E-state index contributed by atoms with van der Waals surface area (Å²) in [5.74, 6) is 0.622. The van der Waals surface area contributed by atoms with E-state index >= 15 is 0 Å². The first kappa shape index (κ1) is 15.5. The van der Waals surface area contributed by atoms with Crippen LogP contribution in [-0.2, 0) is 4.74 Å². The lowest BCUT2D eigenvalue weighted by Gasteiger charge is -2.21. The fourth-order valence-electron chi connectivity index (χ4n) is 4.08. The van der Waals surface area contributed by atoms with Crippen molar-refractivity contribution in [2.45, 2.75) is 38.0 Å². The zero-order chi connectivity index (χ0) is 16.7. The van der Waals surface area contributed by atoms with Gasteiger partial charge in [0.05, 0.1) is 18.5 Å². The van der Waals surface area contributed by atoms with E-state index in [-0.39, 0.29) is 5.97 Å². The molecule has 2 aliphatic carbocycles. The van der Waals surface area contributed by atoms with Crippen molar-refractivity contribution in [2.75, 3.05) is 11.9 Å². The van der Waals surface area contributed by atoms with Crippen molar-refractivity contribution in [2.24, 2.45) is 0 Å². The third-order valence-corrected chi connectivity index (χ3v) is 5.21. The molecule has 2 unspecified atom stereocenters. The normalized spacial score (nSPS) is 20.8. The summed E-state index contributed by atoms with van der Waals surface area (Å²) in [5.41, 5.74) is 4.74. The Morgan fingerprint density at radius 3 is 2.88 bits per heavy atom. The van der Waals surface area contributed by atoms with Gasteiger partial charge in [-0.25, -0.2) is 9.78 Å². The molecule has 0 radical (unpaired) electrons. The molecule has 0 saturated heterocycles. The monoisotopic (exact) mass is 342 g/mol. The highest BCUT2D eigenvalue weighted by Crippen LogP contribution is 2.56. The summed E-state index contributed by atoms with van der Waals surface area (Å²) < 4.78 is 5.20. The Morgan fingerprint density at radius 1 is 1.33 bits per heavy atom. The van der Waals surface area contributed by atoms with Crippen molar-refractivity contribution in [3.63, 3.8) is 0 Å². The highest BCUT2D eigenvalue weighted by Gasteiger charge is 2.42. The molecule has 2 atom stereocenters. The van der Waals surface area contributed by atoms with Gasteiger partial charge in [-0.05, 0) is 67.3 Å². The van der Waals surface area contributed by atoms with Crippen LogP contribution in [0.15, 0.2) is 30.5 Å². The number of ether oxygens (including phenoxy) is 1. The van der Waals surface area contributed by atoms with Gasteiger partial charge >= 0.3 is 5.97 Å². The molecule has 4 rings (SSSR count). The Kier molecular flexibility index (Phi) is 3.93. The van der Waals surface area contributed by atoms with Crippen LogP contribution in [0.4, 0.5) is 11.4 Å². The lowest BCUT2D eigenvalue weighted by atomic mass is 9.89. The Labute approximate surface area is 146 Å². The van der Waals surface area contributed by atoms with E-state index in [9.17, 15) is 4.79 Å². The van der Waals surface area contributed by atoms with E-state index in [4.69, 9.17) is 16.3 Å². The number of anilines is 2. The molecule has 0 spiro atoms. The molecule has 124 valence electrons. The van der Waals surface area contributed by atoms with Crippen molar-refractivity contribution in [1.82, 2.24) is 4.98 Å². The van der Waals surface area contributed by atoms with Crippen molar-refractivity contribution >= 4 is 28.9 Å². The zero-order valence-corrected chi connectivity index (χ0v) is 14.3. The molecule has 1 N–H and O–H groups in total. The molecule has 4 nitrogen and oxygen atoms in total. The van der Waals surface area contributed by atoms with Crippen LogP contribution in [0.3, 0.4) is 0 Å². The molecule has 1 aromatic heterocycles. The number of benzene rings is 1. The number of esters is 1. The van der Waals surface area contributed by atoms with Gasteiger partial charge in [-0.2, -0.15) is 0 Å². The van der Waals surface area contributed by atoms with Crippen LogP contribution in [0.2, 0.25) is 5.02 Å². The second kappa shape index (κ2) is 6.10. The average molecular weight is 343 g/mol. The fraction of sp³-hybridized carbons (Fsp3) is 0.368. The molecule has 5 heteroatoms. The van der Waals surface area contributed by atoms with Gasteiger partial charge < -0.3 is 10.1 Å². The molecule has 2 bridgehead atoms. The van der Waals surface area contributed by atoms with Gasteiger partial charge in [-0.15, -0.1) is 0 Å². The predicted molar refractivity (Wildman–Crippen MR) is 94.3 cm³/mol. The van der Waals surface area contributed by atoms with E-state index < -0.39 is 0 Å². The third kappa shape index (κ3) is 2.55. The van der Waals surface area contributed by atoms with Crippen LogP contribution in [0, 0.1) is 0 Å². The number of pyridine rings is 1. The molecule has 0 aliphatic heterocycles. The van der Waals surface area contributed by atoms with Crippen LogP contribution in [0.25, 0.3) is 0 Å². The molecule has 1 heterocycles. The predicted octanol–water partition coefficient (Wildman–Crippen LogP) is 5.02. The van der Waals surface area contributed by atoms with E-state index in [1.54, 1.807) is 6.20 Å². The van der Waals surface area contributed by atoms with Gasteiger partial charge in [0, 0.05) is 10.7 Å². The van der Waals surface area contributed by atoms with Gasteiger partial charge in [0.15, 0.2) is 5.69 Å². The van der Waals surface area contributed by atoms with Gasteiger partial charge in [0.2, 0.25) is 0 Å². The number of aromatic nitrogens is 1. The Hall–Kier alpha value is -2.07. The number of carbonyl (C=O) groups is 1. The number of carbonyl (C=O) groups excluding carboxylic acids is 1. The topological polar surface area (TPSA) is 51.2 Å². The van der Waals surface area contributed by atoms with Crippen molar-refractivity contribution in [1.29, 1.82) is 0 Å². The molecule has 24 heavy (non-hydrogen) atoms. The van der Waals surface area contributed by atoms with E-state index in [0.29, 0.717) is 29.2 Å². The fourth-order valence-corrected chi connectivity index (χ4v) is 4.27. The summed E-state index contributed by atoms with van der Waals surface area (Å²) in [6, 6.07) is 7.63. The Bertz CT molecular complexity index is 806. The van der Waals surface area contributed by atoms with Gasteiger partial charge in [0.25, 0.3) is 0 Å². The lowest BCUT2D eigenvalue weighted by molar-refractivity contribution is 0.0517. The Morgan fingerprint density at radius 2 is 2.12 bits per heavy atom. The molecule has 2 aromatic rings. The number of hydrogen-bond acceptors (Lipinski definition) is 4. The molecular weight excluding hydrogens is 324 g/mol. The molecule has 0 amide bonds. The van der Waals surface area contributed by atoms with Gasteiger partial charge in [-0.1, -0.05) is 17.7 Å². The highest BCUT2D eigenvalue weighted by molar-refractivity contribution is 6.30. The van der Waals surface area contributed by atoms with E-state index in [0.717, 1.165) is 29.8 Å². The minimum Gasteiger partial charge on any atom is -0.461 e. The number of rotatable bonds is 4. The Balaban J connectivity index is 1.76. The molecule has 2 aliphatic rings. The van der Waals surface area contributed by atoms with Crippen molar-refractivity contribution in [3.8, 4) is 0 Å². The van der Waals surface area contributed by atoms with Crippen LogP contribution in [0.5, 0.6) is 0 Å². The third-order valence-electron chi connectivity index (χ3n) is 4.98. The maximum absolute atomic E-state index is 12.3. The molecular formula is C19H19ClN2O2. The number of halogens is 1. The minimum atomic E-state index is -0.310. The standard InChI is InChI=1S/C19H19ClN2O2/c1-2-24-19(23)18-17-12-7-6-11(8-12)16(17)15(10-21-18)22-14-5-3-4-13(20)9-14/h3-5,9-12,22H,2,6-8H2,1H3. The van der Waals surface area contributed by atoms with Crippen LogP contribution in [-0.4, -0.2) is 17.6 Å². The van der Waals surface area contributed by atoms with Crippen molar-refractivity contribution in [3.05, 3.63) is 52.3 Å².